The highest BCUT2D eigenvalue weighted by Gasteiger charge is 2.22. The van der Waals surface area contributed by atoms with Gasteiger partial charge in [0.05, 0.1) is 27.7 Å². The molecule has 148 valence electrons. The van der Waals surface area contributed by atoms with Gasteiger partial charge in [-0.15, -0.1) is 0 Å². The van der Waals surface area contributed by atoms with Crippen LogP contribution in [-0.4, -0.2) is 15.0 Å². The van der Waals surface area contributed by atoms with E-state index in [0.717, 1.165) is 5.56 Å². The summed E-state index contributed by atoms with van der Waals surface area (Å²) in [5.74, 6) is 0.330. The summed E-state index contributed by atoms with van der Waals surface area (Å²) in [6, 6.07) is 16.3. The zero-order chi connectivity index (χ0) is 21.3. The number of aromatic nitrogens is 3. The van der Waals surface area contributed by atoms with Crippen LogP contribution in [-0.2, 0) is 0 Å². The molecule has 4 rings (SSSR count). The number of rotatable bonds is 4. The summed E-state index contributed by atoms with van der Waals surface area (Å²) in [5, 5.41) is 13.3. The van der Waals surface area contributed by atoms with Crippen LogP contribution in [0, 0.1) is 11.3 Å². The molecule has 7 nitrogen and oxygen atoms in total. The summed E-state index contributed by atoms with van der Waals surface area (Å²) in [7, 11) is 0. The van der Waals surface area contributed by atoms with Crippen LogP contribution in [0.25, 0.3) is 22.2 Å². The first-order chi connectivity index (χ1) is 14.5. The number of halogens is 1. The van der Waals surface area contributed by atoms with E-state index in [1.807, 2.05) is 49.4 Å². The van der Waals surface area contributed by atoms with Crippen LogP contribution in [0.15, 0.2) is 59.7 Å². The van der Waals surface area contributed by atoms with Crippen LogP contribution in [0.5, 0.6) is 0 Å². The fourth-order valence-electron chi connectivity index (χ4n) is 3.45. The molecule has 2 heterocycles. The van der Waals surface area contributed by atoms with E-state index in [9.17, 15) is 10.1 Å². The molecule has 1 unspecified atom stereocenters. The Bertz CT molecular complexity index is 1340. The second-order valence-corrected chi connectivity index (χ2v) is 7.14. The fraction of sp³-hybridized carbons (Fsp3) is 0.0909. The Morgan fingerprint density at radius 2 is 1.93 bits per heavy atom. The van der Waals surface area contributed by atoms with Crippen LogP contribution >= 0.6 is 11.6 Å². The maximum Gasteiger partial charge on any atom is 0.196 e. The Kier molecular flexibility index (Phi) is 5.09. The molecule has 0 bridgehead atoms. The van der Waals surface area contributed by atoms with Gasteiger partial charge < -0.3 is 16.0 Å². The van der Waals surface area contributed by atoms with Crippen molar-refractivity contribution < 1.29 is 0 Å². The van der Waals surface area contributed by atoms with Crippen molar-refractivity contribution >= 4 is 34.1 Å². The average molecular weight is 417 g/mol. The number of nitrogen functional groups attached to an aromatic ring is 1. The molecule has 8 heteroatoms. The number of H-pyrrole nitrogens is 1. The predicted octanol–water partition coefficient (Wildman–Crippen LogP) is 4.27. The summed E-state index contributed by atoms with van der Waals surface area (Å²) in [5.41, 5.74) is 8.35. The van der Waals surface area contributed by atoms with Gasteiger partial charge in [0.1, 0.15) is 29.6 Å². The number of pyridine rings is 1. The van der Waals surface area contributed by atoms with Crippen molar-refractivity contribution in [3.05, 3.63) is 81.2 Å². The molecule has 0 saturated carbocycles. The van der Waals surface area contributed by atoms with Crippen LogP contribution in [0.3, 0.4) is 0 Å². The van der Waals surface area contributed by atoms with Crippen LogP contribution in [0.4, 0.5) is 11.6 Å². The summed E-state index contributed by atoms with van der Waals surface area (Å²) in [4.78, 5) is 24.9. The molecule has 2 aromatic heterocycles. The van der Waals surface area contributed by atoms with Gasteiger partial charge >= 0.3 is 0 Å². The monoisotopic (exact) mass is 416 g/mol. The maximum atomic E-state index is 13.5. The first-order valence-electron chi connectivity index (χ1n) is 9.18. The highest BCUT2D eigenvalue weighted by Crippen LogP contribution is 2.31. The van der Waals surface area contributed by atoms with E-state index in [1.54, 1.807) is 12.1 Å². The summed E-state index contributed by atoms with van der Waals surface area (Å²) in [6.45, 7) is 1.82. The number of hydrogen-bond acceptors (Lipinski definition) is 6. The molecule has 0 amide bonds. The van der Waals surface area contributed by atoms with Crippen molar-refractivity contribution in [3.63, 3.8) is 0 Å². The normalized spacial score (nSPS) is 11.8. The topological polar surface area (TPSA) is 120 Å². The minimum atomic E-state index is -0.508. The molecule has 0 aliphatic heterocycles. The minimum absolute atomic E-state index is 0.0703. The second-order valence-electron chi connectivity index (χ2n) is 6.73. The average Bonchev–Trinajstić information content (AvgIpc) is 2.74. The SMILES string of the molecule is CC(Nc1ncnc(N)c1C#N)c1c(-c2ccccc2)[nH]c2cccc(Cl)c2c1=O. The number of nitrogens with zero attached hydrogens (tertiary/aromatic N) is 3. The Balaban J connectivity index is 1.94. The molecule has 0 aliphatic rings. The molecule has 0 radical (unpaired) electrons. The number of nitriles is 1. The smallest absolute Gasteiger partial charge is 0.196 e. The number of hydrogen-bond donors (Lipinski definition) is 3. The lowest BCUT2D eigenvalue weighted by atomic mass is 9.97. The Labute approximate surface area is 177 Å². The summed E-state index contributed by atoms with van der Waals surface area (Å²) >= 11 is 6.35. The van der Waals surface area contributed by atoms with E-state index in [4.69, 9.17) is 17.3 Å². The lowest BCUT2D eigenvalue weighted by Crippen LogP contribution is -2.21. The van der Waals surface area contributed by atoms with Gasteiger partial charge in [-0.05, 0) is 24.6 Å². The van der Waals surface area contributed by atoms with Crippen molar-refractivity contribution in [1.82, 2.24) is 15.0 Å². The van der Waals surface area contributed by atoms with Crippen molar-refractivity contribution in [2.45, 2.75) is 13.0 Å². The van der Waals surface area contributed by atoms with Gasteiger partial charge in [-0.1, -0.05) is 48.0 Å². The van der Waals surface area contributed by atoms with E-state index in [2.05, 4.69) is 20.3 Å². The first-order valence-corrected chi connectivity index (χ1v) is 9.56. The molecule has 0 fully saturated rings. The fourth-order valence-corrected chi connectivity index (χ4v) is 3.71. The summed E-state index contributed by atoms with van der Waals surface area (Å²) in [6.07, 6.45) is 1.27. The van der Waals surface area contributed by atoms with Gasteiger partial charge in [0.15, 0.2) is 5.43 Å². The van der Waals surface area contributed by atoms with Gasteiger partial charge in [-0.3, -0.25) is 4.79 Å². The molecule has 1 atom stereocenters. The van der Waals surface area contributed by atoms with Crippen molar-refractivity contribution in [2.24, 2.45) is 0 Å². The highest BCUT2D eigenvalue weighted by atomic mass is 35.5. The quantitative estimate of drug-likeness (QED) is 0.457. The Morgan fingerprint density at radius 1 is 1.17 bits per heavy atom. The van der Waals surface area contributed by atoms with Crippen LogP contribution in [0.1, 0.15) is 24.1 Å². The third kappa shape index (κ3) is 3.34. The number of fused-ring (bicyclic) bond motifs is 1. The van der Waals surface area contributed by atoms with Gasteiger partial charge in [0.2, 0.25) is 0 Å². The zero-order valence-corrected chi connectivity index (χ0v) is 16.7. The van der Waals surface area contributed by atoms with E-state index < -0.39 is 6.04 Å². The predicted molar refractivity (Wildman–Crippen MR) is 118 cm³/mol. The van der Waals surface area contributed by atoms with Gasteiger partial charge in [-0.25, -0.2) is 9.97 Å². The van der Waals surface area contributed by atoms with Crippen molar-refractivity contribution in [2.75, 3.05) is 11.1 Å². The van der Waals surface area contributed by atoms with Crippen LogP contribution < -0.4 is 16.5 Å². The number of nitrogens with two attached hydrogens (primary N) is 1. The van der Waals surface area contributed by atoms with Gasteiger partial charge in [-0.2, -0.15) is 5.26 Å². The maximum absolute atomic E-state index is 13.5. The largest absolute Gasteiger partial charge is 0.382 e. The minimum Gasteiger partial charge on any atom is -0.382 e. The Hall–Kier alpha value is -3.89. The number of benzene rings is 2. The molecular formula is C22H17ClN6O. The first kappa shape index (κ1) is 19.4. The number of aromatic amines is 1. The number of anilines is 2. The van der Waals surface area contributed by atoms with Crippen molar-refractivity contribution in [1.29, 1.82) is 5.26 Å². The standard InChI is InChI=1S/C22H17ClN6O/c1-12(28-22-14(10-24)21(25)26-11-27-22)17-19(13-6-3-2-4-7-13)29-16-9-5-8-15(23)18(16)20(17)30/h2-9,11-12H,1H3,(H,29,30)(H3,25,26,27,28). The van der Waals surface area contributed by atoms with E-state index in [-0.39, 0.29) is 22.6 Å². The lowest BCUT2D eigenvalue weighted by Gasteiger charge is -2.20. The molecule has 0 saturated heterocycles. The summed E-state index contributed by atoms with van der Waals surface area (Å²) < 4.78 is 0. The van der Waals surface area contributed by atoms with E-state index >= 15 is 0 Å². The number of nitrogens with one attached hydrogen (secondary N) is 2. The van der Waals surface area contributed by atoms with E-state index in [1.165, 1.54) is 6.33 Å². The molecular weight excluding hydrogens is 400 g/mol. The third-order valence-corrected chi connectivity index (χ3v) is 5.17. The van der Waals surface area contributed by atoms with Crippen LogP contribution in [0.2, 0.25) is 5.02 Å². The molecule has 4 N–H and O–H groups in total. The molecule has 0 spiro atoms. The zero-order valence-electron chi connectivity index (χ0n) is 16.0. The second kappa shape index (κ2) is 7.85. The van der Waals surface area contributed by atoms with Crippen molar-refractivity contribution in [3.8, 4) is 17.3 Å². The molecule has 0 aliphatic carbocycles. The van der Waals surface area contributed by atoms with Gasteiger partial charge in [0.25, 0.3) is 0 Å². The Morgan fingerprint density at radius 3 is 2.67 bits per heavy atom. The third-order valence-electron chi connectivity index (χ3n) is 4.85. The van der Waals surface area contributed by atoms with E-state index in [0.29, 0.717) is 27.2 Å². The lowest BCUT2D eigenvalue weighted by molar-refractivity contribution is 0.861. The van der Waals surface area contributed by atoms with Gasteiger partial charge in [0, 0.05) is 5.56 Å². The molecule has 4 aromatic rings. The highest BCUT2D eigenvalue weighted by molar-refractivity contribution is 6.35. The molecule has 30 heavy (non-hydrogen) atoms. The molecule has 2 aromatic carbocycles.